The molecule has 3 heterocycles. The Balaban J connectivity index is 1.68. The summed E-state index contributed by atoms with van der Waals surface area (Å²) in [6, 6.07) is 1.42. The normalized spacial score (nSPS) is 30.3. The summed E-state index contributed by atoms with van der Waals surface area (Å²) in [5.74, 6) is 0.528. The molecule has 2 fully saturated rings. The smallest absolute Gasteiger partial charge is 0.223 e. The van der Waals surface area contributed by atoms with Crippen molar-refractivity contribution in [2.45, 2.75) is 50.5 Å². The topological polar surface area (TPSA) is 102 Å². The van der Waals surface area contributed by atoms with E-state index in [1.807, 2.05) is 6.07 Å². The minimum Gasteiger partial charge on any atom is -0.371 e. The van der Waals surface area contributed by atoms with E-state index in [4.69, 9.17) is 9.47 Å². The van der Waals surface area contributed by atoms with Gasteiger partial charge in [0.1, 0.15) is 12.2 Å². The van der Waals surface area contributed by atoms with Gasteiger partial charge in [0.25, 0.3) is 0 Å². The number of nitrogens with zero attached hydrogens (tertiary/aromatic N) is 2. The van der Waals surface area contributed by atoms with E-state index >= 15 is 0 Å². The Bertz CT molecular complexity index is 704. The molecule has 2 saturated heterocycles. The van der Waals surface area contributed by atoms with E-state index in [1.54, 1.807) is 6.20 Å². The zero-order valence-corrected chi connectivity index (χ0v) is 15.1. The maximum absolute atomic E-state index is 11.4. The first kappa shape index (κ1) is 17.5. The predicted octanol–water partition coefficient (Wildman–Crippen LogP) is 0.270. The van der Waals surface area contributed by atoms with Gasteiger partial charge in [0.05, 0.1) is 37.2 Å². The summed E-state index contributed by atoms with van der Waals surface area (Å²) in [7, 11) is -3.30. The second-order valence-corrected chi connectivity index (χ2v) is 9.14. The number of nitrogens with one attached hydrogen (secondary N) is 2. The highest BCUT2D eigenvalue weighted by atomic mass is 32.2. The molecule has 1 aromatic rings. The van der Waals surface area contributed by atoms with Crippen LogP contribution in [0.1, 0.15) is 26.5 Å². The predicted molar refractivity (Wildman–Crippen MR) is 89.4 cm³/mol. The minimum atomic E-state index is -3.30. The molecule has 1 aromatic heterocycles. The fourth-order valence-corrected chi connectivity index (χ4v) is 3.76. The van der Waals surface area contributed by atoms with Gasteiger partial charge in [0.2, 0.25) is 16.0 Å². The molecule has 8 nitrogen and oxygen atoms in total. The molecular formula is C15H24N4O4S. The summed E-state index contributed by atoms with van der Waals surface area (Å²) in [6.07, 6.45) is 2.33. The van der Waals surface area contributed by atoms with Gasteiger partial charge in [-0.15, -0.1) is 0 Å². The standard InChI is InChI=1S/C15H24N4O4S/c1-15(2,3)11-5-6-16-14(18-11)17-9-7-22-13-10(8-23-12(9)13)19-24(4,20)21/h5-6,9-10,12-13,19H,7-8H2,1-4H3,(H,16,17,18)/t9-,10+,12-,13+/m1/s1. The second-order valence-electron chi connectivity index (χ2n) is 7.36. The molecule has 0 spiro atoms. The lowest BCUT2D eigenvalue weighted by atomic mass is 9.92. The Morgan fingerprint density at radius 1 is 1.17 bits per heavy atom. The Morgan fingerprint density at radius 2 is 1.79 bits per heavy atom. The third-order valence-corrected chi connectivity index (χ3v) is 4.89. The van der Waals surface area contributed by atoms with Crippen molar-refractivity contribution in [2.24, 2.45) is 0 Å². The zero-order chi connectivity index (χ0) is 17.5. The largest absolute Gasteiger partial charge is 0.371 e. The molecule has 4 atom stereocenters. The first-order valence-electron chi connectivity index (χ1n) is 7.94. The molecule has 0 saturated carbocycles. The van der Waals surface area contributed by atoms with Crippen molar-refractivity contribution in [3.8, 4) is 0 Å². The molecule has 2 N–H and O–H groups in total. The number of fused-ring (bicyclic) bond motifs is 1. The van der Waals surface area contributed by atoms with Crippen LogP contribution in [0.3, 0.4) is 0 Å². The third kappa shape index (κ3) is 3.85. The highest BCUT2D eigenvalue weighted by Gasteiger charge is 2.48. The average molecular weight is 356 g/mol. The van der Waals surface area contributed by atoms with Crippen LogP contribution < -0.4 is 10.0 Å². The van der Waals surface area contributed by atoms with Gasteiger partial charge in [-0.2, -0.15) is 0 Å². The van der Waals surface area contributed by atoms with Gasteiger partial charge in [-0.1, -0.05) is 20.8 Å². The number of sulfonamides is 1. The zero-order valence-electron chi connectivity index (χ0n) is 14.3. The SMILES string of the molecule is CC(C)(C)c1ccnc(N[C@@H]2CO[C@@H]3[C@@H]2OC[C@@H]3NS(C)(=O)=O)n1. The number of rotatable bonds is 4. The van der Waals surface area contributed by atoms with E-state index in [0.717, 1.165) is 11.9 Å². The van der Waals surface area contributed by atoms with E-state index in [2.05, 4.69) is 40.8 Å². The van der Waals surface area contributed by atoms with Crippen molar-refractivity contribution in [2.75, 3.05) is 24.8 Å². The van der Waals surface area contributed by atoms with Crippen molar-refractivity contribution in [3.05, 3.63) is 18.0 Å². The average Bonchev–Trinajstić information content (AvgIpc) is 3.01. The number of anilines is 1. The van der Waals surface area contributed by atoms with Crippen LogP contribution in [-0.4, -0.2) is 62.1 Å². The van der Waals surface area contributed by atoms with Gasteiger partial charge in [-0.3, -0.25) is 0 Å². The summed E-state index contributed by atoms with van der Waals surface area (Å²) in [4.78, 5) is 8.82. The quantitative estimate of drug-likeness (QED) is 0.798. The Kier molecular flexibility index (Phi) is 4.54. The maximum Gasteiger partial charge on any atom is 0.223 e. The third-order valence-electron chi connectivity index (χ3n) is 4.16. The lowest BCUT2D eigenvalue weighted by Gasteiger charge is -2.21. The molecule has 2 aliphatic rings. The van der Waals surface area contributed by atoms with Crippen LogP contribution >= 0.6 is 0 Å². The van der Waals surface area contributed by atoms with Crippen LogP contribution in [0.25, 0.3) is 0 Å². The van der Waals surface area contributed by atoms with Crippen molar-refractivity contribution in [1.82, 2.24) is 14.7 Å². The molecule has 9 heteroatoms. The lowest BCUT2D eigenvalue weighted by Crippen LogP contribution is -2.44. The van der Waals surface area contributed by atoms with E-state index in [0.29, 0.717) is 19.2 Å². The van der Waals surface area contributed by atoms with Gasteiger partial charge in [0.15, 0.2) is 0 Å². The van der Waals surface area contributed by atoms with Crippen LogP contribution in [0.15, 0.2) is 12.3 Å². The highest BCUT2D eigenvalue weighted by Crippen LogP contribution is 2.29. The van der Waals surface area contributed by atoms with Crippen molar-refractivity contribution in [3.63, 3.8) is 0 Å². The van der Waals surface area contributed by atoms with E-state index in [-0.39, 0.29) is 29.7 Å². The second kappa shape index (κ2) is 6.21. The molecule has 0 amide bonds. The summed E-state index contributed by atoms with van der Waals surface area (Å²) in [6.45, 7) is 6.99. The highest BCUT2D eigenvalue weighted by molar-refractivity contribution is 7.88. The van der Waals surface area contributed by atoms with Crippen LogP contribution in [0.2, 0.25) is 0 Å². The van der Waals surface area contributed by atoms with Crippen molar-refractivity contribution in [1.29, 1.82) is 0 Å². The molecule has 3 rings (SSSR count). The van der Waals surface area contributed by atoms with Crippen LogP contribution in [0.5, 0.6) is 0 Å². The molecular weight excluding hydrogens is 332 g/mol. The van der Waals surface area contributed by atoms with Gasteiger partial charge < -0.3 is 14.8 Å². The first-order valence-corrected chi connectivity index (χ1v) is 9.83. The number of aromatic nitrogens is 2. The van der Waals surface area contributed by atoms with E-state index in [1.165, 1.54) is 0 Å². The van der Waals surface area contributed by atoms with Crippen molar-refractivity contribution >= 4 is 16.0 Å². The Hall–Kier alpha value is -1.29. The summed E-state index contributed by atoms with van der Waals surface area (Å²) < 4.78 is 36.9. The van der Waals surface area contributed by atoms with Gasteiger partial charge in [-0.05, 0) is 6.07 Å². The van der Waals surface area contributed by atoms with Gasteiger partial charge in [0, 0.05) is 11.6 Å². The molecule has 0 unspecified atom stereocenters. The van der Waals surface area contributed by atoms with E-state index < -0.39 is 10.0 Å². The van der Waals surface area contributed by atoms with Crippen LogP contribution in [0, 0.1) is 0 Å². The molecule has 0 radical (unpaired) electrons. The maximum atomic E-state index is 11.4. The summed E-state index contributed by atoms with van der Waals surface area (Å²) >= 11 is 0. The summed E-state index contributed by atoms with van der Waals surface area (Å²) in [5.41, 5.74) is 0.877. The van der Waals surface area contributed by atoms with Gasteiger partial charge in [-0.25, -0.2) is 23.1 Å². The molecule has 24 heavy (non-hydrogen) atoms. The number of hydrogen-bond acceptors (Lipinski definition) is 7. The lowest BCUT2D eigenvalue weighted by molar-refractivity contribution is 0.0690. The first-order chi connectivity index (χ1) is 11.1. The fourth-order valence-electron chi connectivity index (χ4n) is 3.01. The summed E-state index contributed by atoms with van der Waals surface area (Å²) in [5, 5.41) is 3.26. The van der Waals surface area contributed by atoms with Crippen LogP contribution in [-0.2, 0) is 24.9 Å². The molecule has 0 aromatic carbocycles. The van der Waals surface area contributed by atoms with E-state index in [9.17, 15) is 8.42 Å². The molecule has 0 aliphatic carbocycles. The monoisotopic (exact) mass is 356 g/mol. The van der Waals surface area contributed by atoms with Crippen molar-refractivity contribution < 1.29 is 17.9 Å². The molecule has 2 aliphatic heterocycles. The molecule has 134 valence electrons. The number of hydrogen-bond donors (Lipinski definition) is 2. The molecule has 0 bridgehead atoms. The Labute approximate surface area is 142 Å². The Morgan fingerprint density at radius 3 is 2.42 bits per heavy atom. The number of ether oxygens (including phenoxy) is 2. The van der Waals surface area contributed by atoms with Gasteiger partial charge >= 0.3 is 0 Å². The minimum absolute atomic E-state index is 0.0670. The fraction of sp³-hybridized carbons (Fsp3) is 0.733. The van der Waals surface area contributed by atoms with Crippen LogP contribution in [0.4, 0.5) is 5.95 Å².